The number of nitrogens with zero attached hydrogens (tertiary/aromatic N) is 3. The van der Waals surface area contributed by atoms with E-state index in [1.54, 1.807) is 13.0 Å². The highest BCUT2D eigenvalue weighted by atomic mass is 35.5. The lowest BCUT2D eigenvalue weighted by molar-refractivity contribution is 0.0525. The minimum atomic E-state index is -0.373. The molecule has 1 aromatic carbocycles. The van der Waals surface area contributed by atoms with E-state index < -0.39 is 0 Å². The lowest BCUT2D eigenvalue weighted by Crippen LogP contribution is -2.49. The average Bonchev–Trinajstić information content (AvgIpc) is 3.10. The number of fused-ring (bicyclic) bond motifs is 1. The predicted octanol–water partition coefficient (Wildman–Crippen LogP) is 4.09. The molecule has 3 aromatic rings. The van der Waals surface area contributed by atoms with Crippen LogP contribution < -0.4 is 4.90 Å². The minimum absolute atomic E-state index is 0.0264. The maximum Gasteiger partial charge on any atom is 0.339 e. The Bertz CT molecular complexity index is 1040. The average molecular weight is 430 g/mol. The van der Waals surface area contributed by atoms with E-state index in [0.29, 0.717) is 48.2 Å². The van der Waals surface area contributed by atoms with Gasteiger partial charge in [0.2, 0.25) is 0 Å². The van der Waals surface area contributed by atoms with Gasteiger partial charge in [0.1, 0.15) is 10.7 Å². The first kappa shape index (κ1) is 19.7. The molecular formula is C21H20ClN3O3S. The molecule has 1 saturated heterocycles. The third kappa shape index (κ3) is 3.93. The van der Waals surface area contributed by atoms with Crippen LogP contribution in [0.25, 0.3) is 10.1 Å². The number of hydrogen-bond acceptors (Lipinski definition) is 6. The summed E-state index contributed by atoms with van der Waals surface area (Å²) in [4.78, 5) is 33.6. The van der Waals surface area contributed by atoms with Crippen molar-refractivity contribution in [2.75, 3.05) is 37.7 Å². The Hall–Kier alpha value is -2.64. The van der Waals surface area contributed by atoms with Crippen molar-refractivity contribution in [3.8, 4) is 0 Å². The summed E-state index contributed by atoms with van der Waals surface area (Å²) in [5, 5.41) is 1.46. The largest absolute Gasteiger partial charge is 0.462 e. The van der Waals surface area contributed by atoms with Gasteiger partial charge in [0, 0.05) is 42.5 Å². The fraction of sp³-hybridized carbons (Fsp3) is 0.286. The quantitative estimate of drug-likeness (QED) is 0.584. The number of benzene rings is 1. The van der Waals surface area contributed by atoms with Crippen molar-refractivity contribution in [3.63, 3.8) is 0 Å². The second-order valence-electron chi connectivity index (χ2n) is 6.65. The summed E-state index contributed by atoms with van der Waals surface area (Å²) in [6, 6.07) is 11.3. The third-order valence-electron chi connectivity index (χ3n) is 4.88. The molecule has 0 saturated carbocycles. The number of amides is 1. The number of pyridine rings is 1. The van der Waals surface area contributed by atoms with Gasteiger partial charge in [-0.1, -0.05) is 29.8 Å². The molecule has 8 heteroatoms. The molecule has 0 unspecified atom stereocenters. The number of carbonyl (C=O) groups is 2. The van der Waals surface area contributed by atoms with Crippen LogP contribution in [-0.2, 0) is 4.74 Å². The summed E-state index contributed by atoms with van der Waals surface area (Å²) < 4.78 is 6.00. The second kappa shape index (κ2) is 8.39. The number of piperazine rings is 1. The molecule has 1 fully saturated rings. The van der Waals surface area contributed by atoms with E-state index in [-0.39, 0.29) is 11.9 Å². The normalized spacial score (nSPS) is 14.3. The van der Waals surface area contributed by atoms with Crippen LogP contribution in [0.4, 0.5) is 5.82 Å². The molecule has 0 aliphatic carbocycles. The number of rotatable bonds is 4. The van der Waals surface area contributed by atoms with Crippen LogP contribution in [0.5, 0.6) is 0 Å². The number of esters is 1. The van der Waals surface area contributed by atoms with E-state index in [1.807, 2.05) is 35.2 Å². The number of halogens is 1. The summed E-state index contributed by atoms with van der Waals surface area (Å²) in [5.74, 6) is 0.383. The molecule has 0 atom stereocenters. The predicted molar refractivity (Wildman–Crippen MR) is 115 cm³/mol. The molecule has 0 radical (unpaired) electrons. The Morgan fingerprint density at radius 3 is 2.55 bits per heavy atom. The highest BCUT2D eigenvalue weighted by Crippen LogP contribution is 2.36. The molecule has 29 heavy (non-hydrogen) atoms. The van der Waals surface area contributed by atoms with Crippen LogP contribution in [-0.4, -0.2) is 54.5 Å². The van der Waals surface area contributed by atoms with E-state index in [2.05, 4.69) is 9.88 Å². The molecule has 1 amide bonds. The first-order valence-electron chi connectivity index (χ1n) is 9.43. The van der Waals surface area contributed by atoms with Gasteiger partial charge in [-0.25, -0.2) is 9.78 Å². The van der Waals surface area contributed by atoms with E-state index in [4.69, 9.17) is 16.3 Å². The van der Waals surface area contributed by atoms with Gasteiger partial charge in [-0.05, 0) is 25.1 Å². The molecule has 0 spiro atoms. The van der Waals surface area contributed by atoms with Crippen LogP contribution in [0.15, 0.2) is 42.6 Å². The molecule has 0 N–H and O–H groups in total. The summed E-state index contributed by atoms with van der Waals surface area (Å²) in [6.07, 6.45) is 1.53. The lowest BCUT2D eigenvalue weighted by Gasteiger charge is -2.35. The summed E-state index contributed by atoms with van der Waals surface area (Å²) in [7, 11) is 0. The minimum Gasteiger partial charge on any atom is -0.462 e. The molecule has 150 valence electrons. The van der Waals surface area contributed by atoms with Crippen molar-refractivity contribution in [3.05, 3.63) is 58.1 Å². The van der Waals surface area contributed by atoms with Gasteiger partial charge in [-0.15, -0.1) is 11.3 Å². The van der Waals surface area contributed by atoms with Crippen molar-refractivity contribution < 1.29 is 14.3 Å². The standard InChI is InChI=1S/C21H20ClN3O3S/c1-2-28-21(27)14-7-8-17(23-13-14)24-9-11-25(12-10-24)20(26)19-18(22)15-5-3-4-6-16(15)29-19/h3-8,13H,2,9-12H2,1H3. The van der Waals surface area contributed by atoms with Crippen LogP contribution in [0, 0.1) is 0 Å². The molecule has 6 nitrogen and oxygen atoms in total. The number of anilines is 1. The topological polar surface area (TPSA) is 62.7 Å². The number of thiophene rings is 1. The Labute approximate surface area is 177 Å². The summed E-state index contributed by atoms with van der Waals surface area (Å²) >= 11 is 7.90. The van der Waals surface area contributed by atoms with Crippen molar-refractivity contribution in [1.29, 1.82) is 0 Å². The zero-order valence-electron chi connectivity index (χ0n) is 15.9. The Kier molecular flexibility index (Phi) is 5.69. The fourth-order valence-electron chi connectivity index (χ4n) is 3.34. The van der Waals surface area contributed by atoms with Crippen molar-refractivity contribution in [2.45, 2.75) is 6.92 Å². The smallest absolute Gasteiger partial charge is 0.339 e. The monoisotopic (exact) mass is 429 g/mol. The van der Waals surface area contributed by atoms with E-state index in [1.165, 1.54) is 17.5 Å². The Morgan fingerprint density at radius 2 is 1.90 bits per heavy atom. The molecule has 4 rings (SSSR count). The van der Waals surface area contributed by atoms with Crippen LogP contribution in [0.2, 0.25) is 5.02 Å². The Balaban J connectivity index is 1.42. The van der Waals surface area contributed by atoms with Crippen LogP contribution in [0.1, 0.15) is 27.0 Å². The summed E-state index contributed by atoms with van der Waals surface area (Å²) in [6.45, 7) is 4.61. The van der Waals surface area contributed by atoms with Crippen LogP contribution >= 0.6 is 22.9 Å². The molecular weight excluding hydrogens is 410 g/mol. The van der Waals surface area contributed by atoms with Crippen LogP contribution in [0.3, 0.4) is 0 Å². The van der Waals surface area contributed by atoms with Gasteiger partial charge >= 0.3 is 5.97 Å². The number of hydrogen-bond donors (Lipinski definition) is 0. The van der Waals surface area contributed by atoms with Gasteiger partial charge < -0.3 is 14.5 Å². The first-order chi connectivity index (χ1) is 14.1. The summed E-state index contributed by atoms with van der Waals surface area (Å²) in [5.41, 5.74) is 0.434. The number of aromatic nitrogens is 1. The lowest BCUT2D eigenvalue weighted by atomic mass is 10.2. The SMILES string of the molecule is CCOC(=O)c1ccc(N2CCN(C(=O)c3sc4ccccc4c3Cl)CC2)nc1. The second-order valence-corrected chi connectivity index (χ2v) is 8.08. The highest BCUT2D eigenvalue weighted by Gasteiger charge is 2.26. The van der Waals surface area contributed by atoms with Crippen molar-refractivity contribution in [1.82, 2.24) is 9.88 Å². The maximum absolute atomic E-state index is 13.0. The maximum atomic E-state index is 13.0. The van der Waals surface area contributed by atoms with Gasteiger partial charge in [-0.2, -0.15) is 0 Å². The molecule has 3 heterocycles. The van der Waals surface area contributed by atoms with Gasteiger partial charge in [0.15, 0.2) is 0 Å². The van der Waals surface area contributed by atoms with Gasteiger partial charge in [0.05, 0.1) is 17.2 Å². The third-order valence-corrected chi connectivity index (χ3v) is 6.54. The molecule has 1 aliphatic heterocycles. The van der Waals surface area contributed by atoms with E-state index in [0.717, 1.165) is 15.9 Å². The molecule has 1 aliphatic rings. The highest BCUT2D eigenvalue weighted by molar-refractivity contribution is 7.21. The molecule has 0 bridgehead atoms. The zero-order valence-corrected chi connectivity index (χ0v) is 17.5. The van der Waals surface area contributed by atoms with Crippen molar-refractivity contribution >= 4 is 50.7 Å². The zero-order chi connectivity index (χ0) is 20.4. The van der Waals surface area contributed by atoms with Gasteiger partial charge in [-0.3, -0.25) is 4.79 Å². The van der Waals surface area contributed by atoms with E-state index in [9.17, 15) is 9.59 Å². The number of carbonyl (C=O) groups excluding carboxylic acids is 2. The fourth-order valence-corrected chi connectivity index (χ4v) is 4.82. The molecule has 2 aromatic heterocycles. The van der Waals surface area contributed by atoms with Gasteiger partial charge in [0.25, 0.3) is 5.91 Å². The first-order valence-corrected chi connectivity index (χ1v) is 10.6. The van der Waals surface area contributed by atoms with Crippen molar-refractivity contribution in [2.24, 2.45) is 0 Å². The van der Waals surface area contributed by atoms with E-state index >= 15 is 0 Å². The Morgan fingerprint density at radius 1 is 1.14 bits per heavy atom. The number of ether oxygens (including phenoxy) is 1.